The molecule has 0 aliphatic carbocycles. The SMILES string of the molecule is Cc1nc(CCNCC2CNNC2c2ccc(F)cc2)cc(=O)[nH]1. The molecule has 1 saturated heterocycles. The summed E-state index contributed by atoms with van der Waals surface area (Å²) in [4.78, 5) is 18.4. The van der Waals surface area contributed by atoms with Crippen LogP contribution >= 0.6 is 0 Å². The molecule has 1 aromatic carbocycles. The Labute approximate surface area is 139 Å². The summed E-state index contributed by atoms with van der Waals surface area (Å²) in [5, 5.41) is 3.42. The zero-order valence-corrected chi connectivity index (χ0v) is 13.6. The highest BCUT2D eigenvalue weighted by molar-refractivity contribution is 5.21. The highest BCUT2D eigenvalue weighted by Crippen LogP contribution is 2.24. The zero-order valence-electron chi connectivity index (χ0n) is 13.6. The van der Waals surface area contributed by atoms with Crippen LogP contribution in [-0.2, 0) is 6.42 Å². The van der Waals surface area contributed by atoms with Crippen molar-refractivity contribution in [2.45, 2.75) is 19.4 Å². The molecule has 1 aromatic heterocycles. The number of benzene rings is 1. The lowest BCUT2D eigenvalue weighted by molar-refractivity contribution is 0.442. The van der Waals surface area contributed by atoms with Crippen LogP contribution in [0.15, 0.2) is 35.1 Å². The average molecular weight is 331 g/mol. The number of aryl methyl sites for hydroxylation is 1. The second-order valence-corrected chi connectivity index (χ2v) is 6.09. The molecule has 7 heteroatoms. The van der Waals surface area contributed by atoms with E-state index in [9.17, 15) is 9.18 Å². The van der Waals surface area contributed by atoms with Gasteiger partial charge in [-0.05, 0) is 24.6 Å². The van der Waals surface area contributed by atoms with E-state index in [4.69, 9.17) is 0 Å². The Morgan fingerprint density at radius 3 is 2.88 bits per heavy atom. The molecule has 128 valence electrons. The lowest BCUT2D eigenvalue weighted by Crippen LogP contribution is -2.30. The predicted molar refractivity (Wildman–Crippen MR) is 89.9 cm³/mol. The molecular weight excluding hydrogens is 309 g/mol. The van der Waals surface area contributed by atoms with Crippen LogP contribution in [0, 0.1) is 18.7 Å². The Morgan fingerprint density at radius 1 is 1.33 bits per heavy atom. The molecule has 0 saturated carbocycles. The molecule has 2 heterocycles. The Balaban J connectivity index is 1.50. The number of H-pyrrole nitrogens is 1. The number of aromatic amines is 1. The molecule has 6 nitrogen and oxygen atoms in total. The summed E-state index contributed by atoms with van der Waals surface area (Å²) < 4.78 is 13.1. The Kier molecular flexibility index (Phi) is 5.34. The Bertz CT molecular complexity index is 731. The zero-order chi connectivity index (χ0) is 16.9. The third kappa shape index (κ3) is 4.25. The standard InChI is InChI=1S/C17H22FN5O/c1-11-21-15(8-16(24)22-11)6-7-19-9-13-10-20-23-17(13)12-2-4-14(18)5-3-12/h2-5,8,13,17,19-20,23H,6-7,9-10H2,1H3,(H,21,22,24). The molecule has 0 amide bonds. The minimum Gasteiger partial charge on any atom is -0.316 e. The number of nitrogens with zero attached hydrogens (tertiary/aromatic N) is 1. The van der Waals surface area contributed by atoms with Gasteiger partial charge in [-0.3, -0.25) is 10.2 Å². The van der Waals surface area contributed by atoms with Crippen LogP contribution < -0.4 is 21.7 Å². The van der Waals surface area contributed by atoms with Crippen molar-refractivity contribution in [3.63, 3.8) is 0 Å². The third-order valence-electron chi connectivity index (χ3n) is 4.20. The van der Waals surface area contributed by atoms with Gasteiger partial charge >= 0.3 is 0 Å². The van der Waals surface area contributed by atoms with Gasteiger partial charge in [0.2, 0.25) is 0 Å². The number of aromatic nitrogens is 2. The average Bonchev–Trinajstić information content (AvgIpc) is 3.00. The molecule has 2 atom stereocenters. The number of hydrazine groups is 1. The van der Waals surface area contributed by atoms with Crippen molar-refractivity contribution in [1.29, 1.82) is 0 Å². The van der Waals surface area contributed by atoms with Crippen LogP contribution in [-0.4, -0.2) is 29.6 Å². The van der Waals surface area contributed by atoms with Gasteiger partial charge in [0, 0.05) is 43.7 Å². The van der Waals surface area contributed by atoms with Gasteiger partial charge < -0.3 is 10.3 Å². The van der Waals surface area contributed by atoms with Gasteiger partial charge in [0.1, 0.15) is 11.6 Å². The topological polar surface area (TPSA) is 81.8 Å². The Hall–Kier alpha value is -2.09. The van der Waals surface area contributed by atoms with Crippen molar-refractivity contribution in [3.8, 4) is 0 Å². The van der Waals surface area contributed by atoms with E-state index in [2.05, 4.69) is 26.1 Å². The van der Waals surface area contributed by atoms with E-state index < -0.39 is 0 Å². The first-order chi connectivity index (χ1) is 11.6. The van der Waals surface area contributed by atoms with Crippen molar-refractivity contribution in [3.05, 3.63) is 63.6 Å². The molecule has 1 fully saturated rings. The van der Waals surface area contributed by atoms with Crippen molar-refractivity contribution in [1.82, 2.24) is 26.1 Å². The number of rotatable bonds is 6. The number of hydrogen-bond acceptors (Lipinski definition) is 5. The van der Waals surface area contributed by atoms with Gasteiger partial charge in [0.05, 0.1) is 6.04 Å². The summed E-state index contributed by atoms with van der Waals surface area (Å²) in [6.45, 7) is 4.20. The number of hydrogen-bond donors (Lipinski definition) is 4. The van der Waals surface area contributed by atoms with Crippen LogP contribution in [0.1, 0.15) is 23.1 Å². The third-order valence-corrected chi connectivity index (χ3v) is 4.20. The largest absolute Gasteiger partial charge is 0.316 e. The van der Waals surface area contributed by atoms with Crippen LogP contribution in [0.3, 0.4) is 0 Å². The van der Waals surface area contributed by atoms with E-state index in [0.29, 0.717) is 18.2 Å². The molecular formula is C17H22FN5O. The van der Waals surface area contributed by atoms with Crippen molar-refractivity contribution in [2.75, 3.05) is 19.6 Å². The molecule has 2 unspecified atom stereocenters. The lowest BCUT2D eigenvalue weighted by Gasteiger charge is -2.19. The highest BCUT2D eigenvalue weighted by atomic mass is 19.1. The quantitative estimate of drug-likeness (QED) is 0.589. The van der Waals surface area contributed by atoms with Gasteiger partial charge in [-0.25, -0.2) is 14.8 Å². The van der Waals surface area contributed by atoms with E-state index in [1.54, 1.807) is 6.92 Å². The maximum atomic E-state index is 13.1. The molecule has 1 aliphatic heterocycles. The molecule has 2 aromatic rings. The van der Waals surface area contributed by atoms with Crippen LogP contribution in [0.5, 0.6) is 0 Å². The smallest absolute Gasteiger partial charge is 0.251 e. The summed E-state index contributed by atoms with van der Waals surface area (Å²) in [5.41, 5.74) is 8.16. The van der Waals surface area contributed by atoms with E-state index in [0.717, 1.165) is 30.9 Å². The maximum absolute atomic E-state index is 13.1. The van der Waals surface area contributed by atoms with Gasteiger partial charge in [0.25, 0.3) is 5.56 Å². The molecule has 0 radical (unpaired) electrons. The minimum atomic E-state index is -0.222. The van der Waals surface area contributed by atoms with Crippen molar-refractivity contribution < 1.29 is 4.39 Å². The minimum absolute atomic E-state index is 0.113. The summed E-state index contributed by atoms with van der Waals surface area (Å²) in [6, 6.07) is 8.29. The van der Waals surface area contributed by atoms with Gasteiger partial charge in [-0.1, -0.05) is 12.1 Å². The van der Waals surface area contributed by atoms with Gasteiger partial charge in [-0.15, -0.1) is 0 Å². The first-order valence-electron chi connectivity index (χ1n) is 8.13. The Morgan fingerprint density at radius 2 is 2.12 bits per heavy atom. The van der Waals surface area contributed by atoms with E-state index >= 15 is 0 Å². The summed E-state index contributed by atoms with van der Waals surface area (Å²) in [5.74, 6) is 0.780. The molecule has 3 rings (SSSR count). The van der Waals surface area contributed by atoms with Crippen LogP contribution in [0.4, 0.5) is 4.39 Å². The van der Waals surface area contributed by atoms with Gasteiger partial charge in [-0.2, -0.15) is 0 Å². The lowest BCUT2D eigenvalue weighted by atomic mass is 9.95. The van der Waals surface area contributed by atoms with E-state index in [-0.39, 0.29) is 17.4 Å². The first kappa shape index (κ1) is 16.8. The number of halogens is 1. The van der Waals surface area contributed by atoms with Gasteiger partial charge in [0.15, 0.2) is 0 Å². The summed E-state index contributed by atoms with van der Waals surface area (Å²) >= 11 is 0. The second kappa shape index (κ2) is 7.65. The predicted octanol–water partition coefficient (Wildman–Crippen LogP) is 0.815. The summed E-state index contributed by atoms with van der Waals surface area (Å²) in [7, 11) is 0. The molecule has 1 aliphatic rings. The first-order valence-corrected chi connectivity index (χ1v) is 8.13. The summed E-state index contributed by atoms with van der Waals surface area (Å²) in [6.07, 6.45) is 0.708. The normalized spacial score (nSPS) is 20.4. The van der Waals surface area contributed by atoms with E-state index in [1.165, 1.54) is 18.2 Å². The van der Waals surface area contributed by atoms with Crippen LogP contribution in [0.25, 0.3) is 0 Å². The number of nitrogens with one attached hydrogen (secondary N) is 4. The van der Waals surface area contributed by atoms with Crippen molar-refractivity contribution >= 4 is 0 Å². The molecule has 0 spiro atoms. The second-order valence-electron chi connectivity index (χ2n) is 6.09. The van der Waals surface area contributed by atoms with E-state index in [1.807, 2.05) is 12.1 Å². The maximum Gasteiger partial charge on any atom is 0.251 e. The fourth-order valence-electron chi connectivity index (χ4n) is 3.02. The molecule has 4 N–H and O–H groups in total. The monoisotopic (exact) mass is 331 g/mol. The molecule has 24 heavy (non-hydrogen) atoms. The fourth-order valence-corrected chi connectivity index (χ4v) is 3.02. The van der Waals surface area contributed by atoms with Crippen molar-refractivity contribution in [2.24, 2.45) is 5.92 Å². The molecule has 0 bridgehead atoms. The highest BCUT2D eigenvalue weighted by Gasteiger charge is 2.27. The van der Waals surface area contributed by atoms with Crippen LogP contribution in [0.2, 0.25) is 0 Å². The fraction of sp³-hybridized carbons (Fsp3) is 0.412.